The molecule has 1 amide bonds. The van der Waals surface area contributed by atoms with E-state index in [0.717, 1.165) is 45.6 Å². The highest BCUT2D eigenvalue weighted by molar-refractivity contribution is 7.89. The van der Waals surface area contributed by atoms with Crippen LogP contribution in [0.2, 0.25) is 5.02 Å². The van der Waals surface area contributed by atoms with Gasteiger partial charge in [0, 0.05) is 44.5 Å². The lowest BCUT2D eigenvalue weighted by atomic mass is 10.2. The summed E-state index contributed by atoms with van der Waals surface area (Å²) in [6.07, 6.45) is 1.82. The molecule has 0 spiro atoms. The number of para-hydroxylation sites is 1. The van der Waals surface area contributed by atoms with Crippen molar-refractivity contribution in [1.82, 2.24) is 14.9 Å². The highest BCUT2D eigenvalue weighted by Gasteiger charge is 2.20. The molecule has 1 aliphatic rings. The monoisotopic (exact) mass is 492 g/mol. The van der Waals surface area contributed by atoms with Crippen LogP contribution in [0.5, 0.6) is 0 Å². The number of anilines is 1. The maximum absolute atomic E-state index is 12.6. The molecule has 2 aromatic rings. The van der Waals surface area contributed by atoms with Gasteiger partial charge in [0.1, 0.15) is 0 Å². The lowest BCUT2D eigenvalue weighted by Gasteiger charge is -2.36. The fourth-order valence-electron chi connectivity index (χ4n) is 3.85. The smallest absolute Gasteiger partial charge is 0.252 e. The van der Waals surface area contributed by atoms with Gasteiger partial charge in [0.15, 0.2) is 0 Å². The second-order valence-electron chi connectivity index (χ2n) is 8.54. The van der Waals surface area contributed by atoms with E-state index >= 15 is 0 Å². The molecule has 0 atom stereocenters. The van der Waals surface area contributed by atoms with Crippen molar-refractivity contribution in [3.8, 4) is 0 Å². The number of amides is 1. The zero-order valence-electron chi connectivity index (χ0n) is 19.3. The summed E-state index contributed by atoms with van der Waals surface area (Å²) in [5.74, 6) is -0.363. The van der Waals surface area contributed by atoms with Gasteiger partial charge in [-0.25, -0.2) is 13.1 Å². The Labute approximate surface area is 202 Å². The molecule has 0 unspecified atom stereocenters. The van der Waals surface area contributed by atoms with Gasteiger partial charge < -0.3 is 10.2 Å². The maximum Gasteiger partial charge on any atom is 0.252 e. The van der Waals surface area contributed by atoms with E-state index in [1.54, 1.807) is 13.8 Å². The van der Waals surface area contributed by atoms with Gasteiger partial charge in [-0.2, -0.15) is 0 Å². The number of carbonyl (C=O) groups excluding carboxylic acids is 1. The third kappa shape index (κ3) is 7.43. The highest BCUT2D eigenvalue weighted by atomic mass is 35.5. The van der Waals surface area contributed by atoms with E-state index in [1.807, 2.05) is 6.07 Å². The van der Waals surface area contributed by atoms with E-state index in [9.17, 15) is 13.2 Å². The Hall–Kier alpha value is -2.13. The van der Waals surface area contributed by atoms with Crippen molar-refractivity contribution in [2.45, 2.75) is 37.6 Å². The number of hydrogen-bond acceptors (Lipinski definition) is 5. The zero-order valence-corrected chi connectivity index (χ0v) is 20.8. The van der Waals surface area contributed by atoms with Crippen LogP contribution >= 0.6 is 11.6 Å². The number of nitrogens with zero attached hydrogens (tertiary/aromatic N) is 2. The minimum atomic E-state index is -3.69. The van der Waals surface area contributed by atoms with Crippen molar-refractivity contribution < 1.29 is 13.2 Å². The summed E-state index contributed by atoms with van der Waals surface area (Å²) in [4.78, 5) is 17.5. The average Bonchev–Trinajstić information content (AvgIpc) is 2.79. The predicted octanol–water partition coefficient (Wildman–Crippen LogP) is 3.36. The van der Waals surface area contributed by atoms with Crippen LogP contribution in [-0.2, 0) is 10.0 Å². The van der Waals surface area contributed by atoms with Crippen LogP contribution in [0.1, 0.15) is 37.0 Å². The SMILES string of the molecule is CC(C)NS(=O)(=O)c1ccc(Cl)c(C(=O)NCCCCN2CCN(c3ccccc3)CC2)c1. The number of benzene rings is 2. The Morgan fingerprint density at radius 1 is 1.03 bits per heavy atom. The molecule has 1 heterocycles. The molecule has 2 N–H and O–H groups in total. The summed E-state index contributed by atoms with van der Waals surface area (Å²) in [6.45, 7) is 9.09. The van der Waals surface area contributed by atoms with Gasteiger partial charge in [0.05, 0.1) is 15.5 Å². The first-order chi connectivity index (χ1) is 15.8. The summed E-state index contributed by atoms with van der Waals surface area (Å²) < 4.78 is 27.3. The van der Waals surface area contributed by atoms with Crippen molar-refractivity contribution in [3.05, 3.63) is 59.1 Å². The van der Waals surface area contributed by atoms with Crippen LogP contribution in [0, 0.1) is 0 Å². The molecule has 1 saturated heterocycles. The highest BCUT2D eigenvalue weighted by Crippen LogP contribution is 2.21. The maximum atomic E-state index is 12.6. The minimum Gasteiger partial charge on any atom is -0.369 e. The molecule has 0 aromatic heterocycles. The quantitative estimate of drug-likeness (QED) is 0.497. The van der Waals surface area contributed by atoms with Crippen molar-refractivity contribution in [2.24, 2.45) is 0 Å². The average molecular weight is 493 g/mol. The molecule has 1 fully saturated rings. The molecule has 3 rings (SSSR count). The first-order valence-electron chi connectivity index (χ1n) is 11.4. The molecule has 1 aliphatic heterocycles. The fraction of sp³-hybridized carbons (Fsp3) is 0.458. The third-order valence-corrected chi connectivity index (χ3v) is 7.55. The molecule has 33 heavy (non-hydrogen) atoms. The van der Waals surface area contributed by atoms with Crippen LogP contribution in [0.15, 0.2) is 53.4 Å². The van der Waals surface area contributed by atoms with E-state index in [1.165, 1.54) is 23.9 Å². The molecular formula is C24H33ClN4O3S. The first kappa shape index (κ1) is 25.5. The van der Waals surface area contributed by atoms with Crippen molar-refractivity contribution in [1.29, 1.82) is 0 Å². The van der Waals surface area contributed by atoms with E-state index in [0.29, 0.717) is 6.54 Å². The Morgan fingerprint density at radius 3 is 2.39 bits per heavy atom. The lowest BCUT2D eigenvalue weighted by molar-refractivity contribution is 0.0952. The number of halogens is 1. The molecule has 0 aliphatic carbocycles. The topological polar surface area (TPSA) is 81.7 Å². The number of piperazine rings is 1. The predicted molar refractivity (Wildman–Crippen MR) is 134 cm³/mol. The molecule has 0 saturated carbocycles. The molecular weight excluding hydrogens is 460 g/mol. The van der Waals surface area contributed by atoms with Gasteiger partial charge in [0.25, 0.3) is 5.91 Å². The first-order valence-corrected chi connectivity index (χ1v) is 13.2. The fourth-order valence-corrected chi connectivity index (χ4v) is 5.33. The van der Waals surface area contributed by atoms with Gasteiger partial charge >= 0.3 is 0 Å². The Balaban J connectivity index is 1.41. The number of carbonyl (C=O) groups is 1. The largest absolute Gasteiger partial charge is 0.369 e. The molecule has 180 valence electrons. The zero-order chi connectivity index (χ0) is 23.8. The summed E-state index contributed by atoms with van der Waals surface area (Å²) in [5.41, 5.74) is 1.44. The number of rotatable bonds is 10. The van der Waals surface area contributed by atoms with Crippen LogP contribution in [0.3, 0.4) is 0 Å². The lowest BCUT2D eigenvalue weighted by Crippen LogP contribution is -2.46. The molecule has 0 radical (unpaired) electrons. The second kappa shape index (κ2) is 11.8. The summed E-state index contributed by atoms with van der Waals surface area (Å²) in [5, 5.41) is 3.09. The molecule has 0 bridgehead atoms. The molecule has 2 aromatic carbocycles. The minimum absolute atomic E-state index is 0.0281. The van der Waals surface area contributed by atoms with Crippen molar-refractivity contribution >= 4 is 33.2 Å². The Kier molecular flexibility index (Phi) is 9.14. The number of hydrogen-bond donors (Lipinski definition) is 2. The van der Waals surface area contributed by atoms with Gasteiger partial charge in [0.2, 0.25) is 10.0 Å². The number of sulfonamides is 1. The Bertz CT molecular complexity index is 1020. The summed E-state index contributed by atoms with van der Waals surface area (Å²) in [7, 11) is -3.69. The Morgan fingerprint density at radius 2 is 1.73 bits per heavy atom. The summed E-state index contributed by atoms with van der Waals surface area (Å²) in [6, 6.07) is 14.4. The van der Waals surface area contributed by atoms with Crippen LogP contribution in [0.25, 0.3) is 0 Å². The summed E-state index contributed by atoms with van der Waals surface area (Å²) >= 11 is 6.16. The van der Waals surface area contributed by atoms with Gasteiger partial charge in [-0.3, -0.25) is 9.69 Å². The van der Waals surface area contributed by atoms with E-state index in [4.69, 9.17) is 11.6 Å². The molecule has 7 nitrogen and oxygen atoms in total. The van der Waals surface area contributed by atoms with Crippen LogP contribution in [0.4, 0.5) is 5.69 Å². The van der Waals surface area contributed by atoms with E-state index in [-0.39, 0.29) is 27.4 Å². The normalized spacial score (nSPS) is 15.1. The van der Waals surface area contributed by atoms with Gasteiger partial charge in [-0.1, -0.05) is 29.8 Å². The van der Waals surface area contributed by atoms with Crippen molar-refractivity contribution in [2.75, 3.05) is 44.2 Å². The number of nitrogens with one attached hydrogen (secondary N) is 2. The number of unbranched alkanes of at least 4 members (excludes halogenated alkanes) is 1. The van der Waals surface area contributed by atoms with Gasteiger partial charge in [-0.15, -0.1) is 0 Å². The van der Waals surface area contributed by atoms with Gasteiger partial charge in [-0.05, 0) is 63.6 Å². The van der Waals surface area contributed by atoms with Crippen LogP contribution < -0.4 is 14.9 Å². The van der Waals surface area contributed by atoms with E-state index < -0.39 is 10.0 Å². The third-order valence-electron chi connectivity index (χ3n) is 5.56. The molecule has 9 heteroatoms. The van der Waals surface area contributed by atoms with Crippen LogP contribution in [-0.4, -0.2) is 64.5 Å². The second-order valence-corrected chi connectivity index (χ2v) is 10.7. The standard InChI is InChI=1S/C24H33ClN4O3S/c1-19(2)27-33(31,32)21-10-11-23(25)22(18-21)24(30)26-12-6-7-13-28-14-16-29(17-15-28)20-8-4-3-5-9-20/h3-5,8-11,18-19,27H,6-7,12-17H2,1-2H3,(H,26,30). The van der Waals surface area contributed by atoms with Crippen molar-refractivity contribution in [3.63, 3.8) is 0 Å². The van der Waals surface area contributed by atoms with E-state index in [2.05, 4.69) is 44.1 Å².